The Balaban J connectivity index is 2.69. The zero-order chi connectivity index (χ0) is 11.4. The molecule has 5 heteroatoms. The number of hydrogen-bond acceptors (Lipinski definition) is 5. The van der Waals surface area contributed by atoms with E-state index in [-0.39, 0.29) is 12.0 Å². The number of methoxy groups -OCH3 is 1. The van der Waals surface area contributed by atoms with Crippen molar-refractivity contribution in [2.45, 2.75) is 38.0 Å². The van der Waals surface area contributed by atoms with Gasteiger partial charge in [0.15, 0.2) is 0 Å². The third-order valence-corrected chi connectivity index (χ3v) is 2.74. The molecule has 1 rings (SSSR count). The summed E-state index contributed by atoms with van der Waals surface area (Å²) in [7, 11) is 1.33. The highest BCUT2D eigenvalue weighted by Crippen LogP contribution is 2.22. The molecule has 0 aromatic rings. The predicted molar refractivity (Wildman–Crippen MR) is 52.8 cm³/mol. The lowest BCUT2D eigenvalue weighted by atomic mass is 10.1. The van der Waals surface area contributed by atoms with Crippen LogP contribution in [-0.4, -0.2) is 47.8 Å². The van der Waals surface area contributed by atoms with E-state index < -0.39 is 12.1 Å². The number of hydrogen-bond donors (Lipinski definition) is 1. The first-order valence-corrected chi connectivity index (χ1v) is 4.98. The van der Waals surface area contributed by atoms with Gasteiger partial charge in [-0.2, -0.15) is 5.26 Å². The summed E-state index contributed by atoms with van der Waals surface area (Å²) < 4.78 is 4.67. The van der Waals surface area contributed by atoms with Crippen LogP contribution in [0.4, 0.5) is 0 Å². The van der Waals surface area contributed by atoms with Crippen LogP contribution in [-0.2, 0) is 9.53 Å². The van der Waals surface area contributed by atoms with Gasteiger partial charge in [0, 0.05) is 19.0 Å². The Kier molecular flexibility index (Phi) is 4.06. The Morgan fingerprint density at radius 1 is 1.80 bits per heavy atom. The number of nitriles is 1. The molecular weight excluding hydrogens is 196 g/mol. The Morgan fingerprint density at radius 2 is 2.47 bits per heavy atom. The fraction of sp³-hybridized carbons (Fsp3) is 0.800. The van der Waals surface area contributed by atoms with Crippen molar-refractivity contribution in [2.75, 3.05) is 13.7 Å². The van der Waals surface area contributed by atoms with Crippen molar-refractivity contribution in [1.29, 1.82) is 5.26 Å². The third-order valence-electron chi connectivity index (χ3n) is 2.74. The van der Waals surface area contributed by atoms with Gasteiger partial charge in [-0.25, -0.2) is 0 Å². The molecule has 0 aromatic heterocycles. The number of nitrogens with zero attached hydrogens (tertiary/aromatic N) is 2. The number of carbonyl (C=O) groups is 1. The molecule has 3 atom stereocenters. The number of likely N-dealkylation sites (tertiary alicyclic amines) is 1. The second-order valence-electron chi connectivity index (χ2n) is 3.84. The predicted octanol–water partition coefficient (Wildman–Crippen LogP) is -0.103. The molecular formula is C10H16N2O3. The molecule has 1 fully saturated rings. The standard InChI is InChI=1S/C10H16N2O3/c1-7(3-4-11)12-6-8(13)5-9(12)10(14)15-2/h7-9,13H,3,5-6H2,1-2H3. The summed E-state index contributed by atoms with van der Waals surface area (Å²) >= 11 is 0. The molecule has 0 aliphatic carbocycles. The molecule has 0 bridgehead atoms. The molecule has 0 amide bonds. The van der Waals surface area contributed by atoms with Crippen molar-refractivity contribution in [2.24, 2.45) is 0 Å². The fourth-order valence-electron chi connectivity index (χ4n) is 1.94. The summed E-state index contributed by atoms with van der Waals surface area (Å²) in [6.45, 7) is 2.31. The quantitative estimate of drug-likeness (QED) is 0.661. The molecule has 5 nitrogen and oxygen atoms in total. The molecule has 0 radical (unpaired) electrons. The molecule has 1 aliphatic rings. The first kappa shape index (κ1) is 12.0. The number of esters is 1. The number of rotatable bonds is 3. The van der Waals surface area contributed by atoms with Gasteiger partial charge < -0.3 is 9.84 Å². The summed E-state index contributed by atoms with van der Waals surface area (Å²) in [4.78, 5) is 13.3. The summed E-state index contributed by atoms with van der Waals surface area (Å²) in [5.41, 5.74) is 0. The average molecular weight is 212 g/mol. The highest BCUT2D eigenvalue weighted by Gasteiger charge is 2.38. The highest BCUT2D eigenvalue weighted by atomic mass is 16.5. The molecule has 1 saturated heterocycles. The van der Waals surface area contributed by atoms with E-state index in [2.05, 4.69) is 10.8 Å². The van der Waals surface area contributed by atoms with E-state index in [0.717, 1.165) is 0 Å². The van der Waals surface area contributed by atoms with Gasteiger partial charge in [0.25, 0.3) is 0 Å². The number of aliphatic hydroxyl groups excluding tert-OH is 1. The first-order chi connectivity index (χ1) is 7.10. The van der Waals surface area contributed by atoms with Crippen LogP contribution in [0.5, 0.6) is 0 Å². The van der Waals surface area contributed by atoms with E-state index >= 15 is 0 Å². The number of carbonyl (C=O) groups excluding carboxylic acids is 1. The van der Waals surface area contributed by atoms with Gasteiger partial charge in [-0.3, -0.25) is 9.69 Å². The van der Waals surface area contributed by atoms with Gasteiger partial charge in [-0.1, -0.05) is 0 Å². The maximum atomic E-state index is 11.4. The van der Waals surface area contributed by atoms with Gasteiger partial charge in [0.2, 0.25) is 0 Å². The van der Waals surface area contributed by atoms with Crippen LogP contribution in [0.2, 0.25) is 0 Å². The normalized spacial score (nSPS) is 28.4. The van der Waals surface area contributed by atoms with E-state index in [1.807, 2.05) is 11.8 Å². The zero-order valence-corrected chi connectivity index (χ0v) is 9.01. The van der Waals surface area contributed by atoms with Crippen molar-refractivity contribution >= 4 is 5.97 Å². The molecule has 84 valence electrons. The smallest absolute Gasteiger partial charge is 0.323 e. The molecule has 15 heavy (non-hydrogen) atoms. The average Bonchev–Trinajstić information content (AvgIpc) is 2.59. The monoisotopic (exact) mass is 212 g/mol. The lowest BCUT2D eigenvalue weighted by molar-refractivity contribution is -0.146. The van der Waals surface area contributed by atoms with Crippen molar-refractivity contribution in [1.82, 2.24) is 4.90 Å². The summed E-state index contributed by atoms with van der Waals surface area (Å²) in [6.07, 6.45) is 0.234. The van der Waals surface area contributed by atoms with E-state index in [1.54, 1.807) is 0 Å². The van der Waals surface area contributed by atoms with Crippen LogP contribution >= 0.6 is 0 Å². The summed E-state index contributed by atoms with van der Waals surface area (Å²) in [5, 5.41) is 18.1. The minimum atomic E-state index is -0.504. The topological polar surface area (TPSA) is 73.6 Å². The van der Waals surface area contributed by atoms with E-state index in [1.165, 1.54) is 7.11 Å². The highest BCUT2D eigenvalue weighted by molar-refractivity contribution is 5.76. The maximum absolute atomic E-state index is 11.4. The van der Waals surface area contributed by atoms with E-state index in [0.29, 0.717) is 19.4 Å². The van der Waals surface area contributed by atoms with Gasteiger partial charge in [-0.05, 0) is 6.92 Å². The lowest BCUT2D eigenvalue weighted by Crippen LogP contribution is -2.42. The van der Waals surface area contributed by atoms with Crippen molar-refractivity contribution in [3.8, 4) is 6.07 Å². The molecule has 1 N–H and O–H groups in total. The van der Waals surface area contributed by atoms with Crippen LogP contribution in [0.1, 0.15) is 19.8 Å². The molecule has 3 unspecified atom stereocenters. The second-order valence-corrected chi connectivity index (χ2v) is 3.84. The zero-order valence-electron chi connectivity index (χ0n) is 9.01. The molecule has 0 spiro atoms. The van der Waals surface area contributed by atoms with E-state index in [9.17, 15) is 9.90 Å². The van der Waals surface area contributed by atoms with E-state index in [4.69, 9.17) is 5.26 Å². The third kappa shape index (κ3) is 2.67. The Hall–Kier alpha value is -1.12. The minimum absolute atomic E-state index is 0.0313. The minimum Gasteiger partial charge on any atom is -0.468 e. The van der Waals surface area contributed by atoms with Gasteiger partial charge >= 0.3 is 5.97 Å². The van der Waals surface area contributed by atoms with Crippen molar-refractivity contribution in [3.63, 3.8) is 0 Å². The fourth-order valence-corrected chi connectivity index (χ4v) is 1.94. The lowest BCUT2D eigenvalue weighted by Gasteiger charge is -2.26. The largest absolute Gasteiger partial charge is 0.468 e. The molecule has 1 heterocycles. The number of aliphatic hydroxyl groups is 1. The first-order valence-electron chi connectivity index (χ1n) is 4.98. The van der Waals surface area contributed by atoms with Gasteiger partial charge in [0.05, 0.1) is 25.7 Å². The maximum Gasteiger partial charge on any atom is 0.323 e. The number of β-amino-alcohol motifs (C(OH)–C–C–N with tert-alkyl or cyclic N) is 1. The summed E-state index contributed by atoms with van der Waals surface area (Å²) in [6, 6.07) is 1.62. The Bertz CT molecular complexity index is 274. The second kappa shape index (κ2) is 5.10. The number of ether oxygens (including phenoxy) is 1. The van der Waals surface area contributed by atoms with Crippen LogP contribution in [0.15, 0.2) is 0 Å². The molecule has 1 aliphatic heterocycles. The van der Waals surface area contributed by atoms with Crippen LogP contribution in [0.3, 0.4) is 0 Å². The van der Waals surface area contributed by atoms with Crippen molar-refractivity contribution in [3.05, 3.63) is 0 Å². The SMILES string of the molecule is COC(=O)C1CC(O)CN1C(C)CC#N. The molecule has 0 saturated carbocycles. The van der Waals surface area contributed by atoms with Gasteiger partial charge in [-0.15, -0.1) is 0 Å². The van der Waals surface area contributed by atoms with Crippen LogP contribution < -0.4 is 0 Å². The Labute approximate surface area is 89.2 Å². The van der Waals surface area contributed by atoms with Crippen LogP contribution in [0, 0.1) is 11.3 Å². The molecule has 0 aromatic carbocycles. The van der Waals surface area contributed by atoms with Gasteiger partial charge in [0.1, 0.15) is 6.04 Å². The Morgan fingerprint density at radius 3 is 3.00 bits per heavy atom. The summed E-state index contributed by atoms with van der Waals surface area (Å²) in [5.74, 6) is -0.337. The van der Waals surface area contributed by atoms with Crippen molar-refractivity contribution < 1.29 is 14.6 Å². The van der Waals surface area contributed by atoms with Crippen LogP contribution in [0.25, 0.3) is 0 Å².